The molecule has 0 radical (unpaired) electrons. The van der Waals surface area contributed by atoms with Gasteiger partial charge in [-0.15, -0.1) is 0 Å². The van der Waals surface area contributed by atoms with Crippen LogP contribution in [0.2, 0.25) is 0 Å². The van der Waals surface area contributed by atoms with E-state index >= 15 is 0 Å². The lowest BCUT2D eigenvalue weighted by atomic mass is 10.1. The highest BCUT2D eigenvalue weighted by Gasteiger charge is 2.00. The number of allylic oxidation sites excluding steroid dienone is 2. The second kappa shape index (κ2) is 7.54. The highest BCUT2D eigenvalue weighted by molar-refractivity contribution is 5.69. The number of unbranched alkanes of at least 4 members (excludes halogenated alkanes) is 1. The van der Waals surface area contributed by atoms with E-state index in [-0.39, 0.29) is 11.7 Å². The molecule has 0 saturated carbocycles. The molecule has 0 heterocycles. The normalized spacial score (nSPS) is 11.3. The first kappa shape index (κ1) is 14.3. The first-order chi connectivity index (χ1) is 8.63. The minimum Gasteiger partial charge on any atom is -0.508 e. The second-order valence-electron chi connectivity index (χ2n) is 4.13. The van der Waals surface area contributed by atoms with Crippen molar-refractivity contribution in [3.8, 4) is 5.75 Å². The van der Waals surface area contributed by atoms with Gasteiger partial charge in [0, 0.05) is 6.42 Å². The van der Waals surface area contributed by atoms with Crippen LogP contribution < -0.4 is 0 Å². The smallest absolute Gasteiger partial charge is 0.305 e. The van der Waals surface area contributed by atoms with Crippen LogP contribution in [0.5, 0.6) is 5.75 Å². The maximum atomic E-state index is 11.1. The van der Waals surface area contributed by atoms with Crippen molar-refractivity contribution in [2.45, 2.75) is 33.1 Å². The van der Waals surface area contributed by atoms with E-state index in [2.05, 4.69) is 6.08 Å². The lowest BCUT2D eigenvalue weighted by molar-refractivity contribution is -0.143. The largest absolute Gasteiger partial charge is 0.508 e. The highest BCUT2D eigenvalue weighted by Crippen LogP contribution is 2.19. The summed E-state index contributed by atoms with van der Waals surface area (Å²) in [6.07, 6.45) is 4.15. The number of carbonyl (C=O) groups is 1. The number of phenols is 1. The van der Waals surface area contributed by atoms with Gasteiger partial charge in [0.25, 0.3) is 0 Å². The molecule has 0 atom stereocenters. The van der Waals surface area contributed by atoms with Gasteiger partial charge in [-0.05, 0) is 50.0 Å². The van der Waals surface area contributed by atoms with Crippen molar-refractivity contribution in [3.63, 3.8) is 0 Å². The van der Waals surface area contributed by atoms with E-state index in [1.54, 1.807) is 12.1 Å². The summed E-state index contributed by atoms with van der Waals surface area (Å²) in [4.78, 5) is 11.1. The number of hydrogen-bond donors (Lipinski definition) is 1. The van der Waals surface area contributed by atoms with E-state index in [1.807, 2.05) is 26.0 Å². The number of benzene rings is 1. The van der Waals surface area contributed by atoms with Gasteiger partial charge in [0.2, 0.25) is 0 Å². The monoisotopic (exact) mass is 248 g/mol. The fourth-order valence-electron chi connectivity index (χ4n) is 1.67. The third-order valence-electron chi connectivity index (χ3n) is 2.64. The van der Waals surface area contributed by atoms with Crippen LogP contribution in [-0.4, -0.2) is 17.7 Å². The molecule has 0 aliphatic heterocycles. The highest BCUT2D eigenvalue weighted by atomic mass is 16.5. The van der Waals surface area contributed by atoms with Crippen LogP contribution in [0.3, 0.4) is 0 Å². The number of aromatic hydroxyl groups is 1. The van der Waals surface area contributed by atoms with Crippen LogP contribution in [0.4, 0.5) is 0 Å². The lowest BCUT2D eigenvalue weighted by Crippen LogP contribution is -2.02. The first-order valence-corrected chi connectivity index (χ1v) is 6.25. The van der Waals surface area contributed by atoms with Crippen molar-refractivity contribution < 1.29 is 14.6 Å². The van der Waals surface area contributed by atoms with E-state index < -0.39 is 0 Å². The second-order valence-corrected chi connectivity index (χ2v) is 4.13. The predicted molar refractivity (Wildman–Crippen MR) is 72.2 cm³/mol. The van der Waals surface area contributed by atoms with Crippen LogP contribution in [0, 0.1) is 0 Å². The van der Waals surface area contributed by atoms with Crippen molar-refractivity contribution in [1.29, 1.82) is 0 Å². The van der Waals surface area contributed by atoms with Gasteiger partial charge in [-0.3, -0.25) is 4.79 Å². The van der Waals surface area contributed by atoms with Gasteiger partial charge in [0.05, 0.1) is 6.61 Å². The fourth-order valence-corrected chi connectivity index (χ4v) is 1.67. The molecule has 0 spiro atoms. The summed E-state index contributed by atoms with van der Waals surface area (Å²) < 4.78 is 4.86. The molecule has 0 aliphatic carbocycles. The van der Waals surface area contributed by atoms with E-state index in [1.165, 1.54) is 0 Å². The van der Waals surface area contributed by atoms with Crippen molar-refractivity contribution in [2.24, 2.45) is 0 Å². The predicted octanol–water partition coefficient (Wildman–Crippen LogP) is 3.53. The molecule has 3 heteroatoms. The summed E-state index contributed by atoms with van der Waals surface area (Å²) in [5.41, 5.74) is 2.11. The molecule has 0 unspecified atom stereocenters. The standard InChI is InChI=1S/C15H20O3/c1-3-18-15(17)10-5-4-7-12(2)13-8-6-9-14(16)11-13/h6-9,11,16H,3-5,10H2,1-2H3. The van der Waals surface area contributed by atoms with Crippen LogP contribution >= 0.6 is 0 Å². The molecule has 3 nitrogen and oxygen atoms in total. The zero-order chi connectivity index (χ0) is 13.4. The average molecular weight is 248 g/mol. The van der Waals surface area contributed by atoms with Gasteiger partial charge in [-0.2, -0.15) is 0 Å². The van der Waals surface area contributed by atoms with Crippen molar-refractivity contribution >= 4 is 11.5 Å². The Hall–Kier alpha value is -1.77. The van der Waals surface area contributed by atoms with Gasteiger partial charge >= 0.3 is 5.97 Å². The molecule has 0 saturated heterocycles. The SMILES string of the molecule is CCOC(=O)CCCC=C(C)c1cccc(O)c1. The third-order valence-corrected chi connectivity index (χ3v) is 2.64. The molecule has 0 amide bonds. The van der Waals surface area contributed by atoms with Gasteiger partial charge in [0.1, 0.15) is 5.75 Å². The Labute approximate surface area is 108 Å². The third kappa shape index (κ3) is 5.04. The number of esters is 1. The number of hydrogen-bond acceptors (Lipinski definition) is 3. The van der Waals surface area contributed by atoms with E-state index in [0.717, 1.165) is 24.0 Å². The Bertz CT molecular complexity index is 422. The minimum absolute atomic E-state index is 0.138. The van der Waals surface area contributed by atoms with Crippen LogP contribution in [-0.2, 0) is 9.53 Å². The molecule has 1 aromatic rings. The Morgan fingerprint density at radius 3 is 2.89 bits per heavy atom. The van der Waals surface area contributed by atoms with E-state index in [4.69, 9.17) is 4.74 Å². The molecule has 0 aliphatic rings. The van der Waals surface area contributed by atoms with Crippen LogP contribution in [0.15, 0.2) is 30.3 Å². The Kier molecular flexibility index (Phi) is 5.98. The quantitative estimate of drug-likeness (QED) is 0.618. The van der Waals surface area contributed by atoms with Crippen molar-refractivity contribution in [3.05, 3.63) is 35.9 Å². The van der Waals surface area contributed by atoms with Gasteiger partial charge in [-0.25, -0.2) is 0 Å². The van der Waals surface area contributed by atoms with Gasteiger partial charge < -0.3 is 9.84 Å². The minimum atomic E-state index is -0.138. The van der Waals surface area contributed by atoms with E-state index in [9.17, 15) is 9.90 Å². The molecule has 18 heavy (non-hydrogen) atoms. The lowest BCUT2D eigenvalue weighted by Gasteiger charge is -2.03. The molecule has 1 N–H and O–H groups in total. The summed E-state index contributed by atoms with van der Waals surface area (Å²) in [6.45, 7) is 4.25. The molecule has 1 aromatic carbocycles. The number of ether oxygens (including phenoxy) is 1. The fraction of sp³-hybridized carbons (Fsp3) is 0.400. The topological polar surface area (TPSA) is 46.5 Å². The maximum Gasteiger partial charge on any atom is 0.305 e. The summed E-state index contributed by atoms with van der Waals surface area (Å²) in [5.74, 6) is 0.132. The van der Waals surface area contributed by atoms with Crippen LogP contribution in [0.25, 0.3) is 5.57 Å². The summed E-state index contributed by atoms with van der Waals surface area (Å²) >= 11 is 0. The number of rotatable bonds is 6. The summed E-state index contributed by atoms with van der Waals surface area (Å²) in [6, 6.07) is 7.16. The molecule has 0 fully saturated rings. The summed E-state index contributed by atoms with van der Waals surface area (Å²) in [5, 5.41) is 9.38. The maximum absolute atomic E-state index is 11.1. The molecule has 0 aromatic heterocycles. The average Bonchev–Trinajstić information content (AvgIpc) is 2.35. The molecule has 98 valence electrons. The molecule has 1 rings (SSSR count). The van der Waals surface area contributed by atoms with Crippen molar-refractivity contribution in [2.75, 3.05) is 6.61 Å². The Morgan fingerprint density at radius 1 is 1.44 bits per heavy atom. The Balaban J connectivity index is 2.40. The van der Waals surface area contributed by atoms with Crippen molar-refractivity contribution in [1.82, 2.24) is 0 Å². The zero-order valence-electron chi connectivity index (χ0n) is 11.0. The molecular formula is C15H20O3. The Morgan fingerprint density at radius 2 is 2.22 bits per heavy atom. The number of carbonyl (C=O) groups excluding carboxylic acids is 1. The van der Waals surface area contributed by atoms with Gasteiger partial charge in [-0.1, -0.05) is 18.2 Å². The number of phenolic OH excluding ortho intramolecular Hbond substituents is 1. The van der Waals surface area contributed by atoms with Crippen LogP contribution in [0.1, 0.15) is 38.7 Å². The zero-order valence-corrected chi connectivity index (χ0v) is 11.0. The van der Waals surface area contributed by atoms with E-state index in [0.29, 0.717) is 13.0 Å². The molecule has 0 bridgehead atoms. The van der Waals surface area contributed by atoms with Gasteiger partial charge in [0.15, 0.2) is 0 Å². The molecular weight excluding hydrogens is 228 g/mol. The first-order valence-electron chi connectivity index (χ1n) is 6.25. The summed E-state index contributed by atoms with van der Waals surface area (Å²) in [7, 11) is 0.